The number of anilines is 1. The van der Waals surface area contributed by atoms with Crippen molar-refractivity contribution in [2.75, 3.05) is 18.4 Å². The largest absolute Gasteiger partial charge is 0.365 e. The van der Waals surface area contributed by atoms with Gasteiger partial charge in [0.05, 0.1) is 11.6 Å². The van der Waals surface area contributed by atoms with Crippen molar-refractivity contribution in [2.45, 2.75) is 25.4 Å². The van der Waals surface area contributed by atoms with E-state index < -0.39 is 0 Å². The van der Waals surface area contributed by atoms with Crippen LogP contribution in [0.3, 0.4) is 0 Å². The van der Waals surface area contributed by atoms with Gasteiger partial charge < -0.3 is 5.32 Å². The standard InChI is InChI=1S/C18H22N6/c1-23-18-16(10-21-23)17(19-13-20-18)22-15-8-5-9-24(12-15)11-14-6-3-2-4-7-14/h2-4,6-7,10,13,15H,5,8-9,11-12H2,1H3,(H,19,20,22)/t15-/m1/s1. The second kappa shape index (κ2) is 6.57. The monoisotopic (exact) mass is 322 g/mol. The number of benzene rings is 1. The molecule has 0 aliphatic carbocycles. The number of piperidine rings is 1. The van der Waals surface area contributed by atoms with Crippen LogP contribution in [0.25, 0.3) is 11.0 Å². The Morgan fingerprint density at radius 3 is 2.96 bits per heavy atom. The van der Waals surface area contributed by atoms with Crippen LogP contribution in [0.1, 0.15) is 18.4 Å². The molecular weight excluding hydrogens is 300 g/mol. The highest BCUT2D eigenvalue weighted by atomic mass is 15.3. The van der Waals surface area contributed by atoms with Crippen molar-refractivity contribution in [1.82, 2.24) is 24.6 Å². The van der Waals surface area contributed by atoms with Crippen LogP contribution in [0.4, 0.5) is 5.82 Å². The lowest BCUT2D eigenvalue weighted by Gasteiger charge is -2.33. The van der Waals surface area contributed by atoms with Crippen molar-refractivity contribution in [2.24, 2.45) is 7.05 Å². The molecule has 4 rings (SSSR count). The van der Waals surface area contributed by atoms with Crippen LogP contribution in [0.5, 0.6) is 0 Å². The van der Waals surface area contributed by atoms with Crippen molar-refractivity contribution in [3.63, 3.8) is 0 Å². The summed E-state index contributed by atoms with van der Waals surface area (Å²) in [7, 11) is 1.90. The van der Waals surface area contributed by atoms with Gasteiger partial charge >= 0.3 is 0 Å². The number of nitrogens with one attached hydrogen (secondary N) is 1. The number of nitrogens with zero attached hydrogens (tertiary/aromatic N) is 5. The van der Waals surface area contributed by atoms with Gasteiger partial charge in [-0.05, 0) is 24.9 Å². The normalized spacial score (nSPS) is 18.8. The van der Waals surface area contributed by atoms with Crippen molar-refractivity contribution < 1.29 is 0 Å². The van der Waals surface area contributed by atoms with Gasteiger partial charge in [0, 0.05) is 26.2 Å². The van der Waals surface area contributed by atoms with Gasteiger partial charge in [0.25, 0.3) is 0 Å². The second-order valence-electron chi connectivity index (χ2n) is 6.43. The van der Waals surface area contributed by atoms with Crippen molar-refractivity contribution >= 4 is 16.9 Å². The topological polar surface area (TPSA) is 58.9 Å². The first-order valence-electron chi connectivity index (χ1n) is 8.45. The fourth-order valence-electron chi connectivity index (χ4n) is 3.43. The maximum Gasteiger partial charge on any atom is 0.163 e. The number of aryl methyl sites for hydroxylation is 1. The van der Waals surface area contributed by atoms with Crippen molar-refractivity contribution in [3.05, 3.63) is 48.4 Å². The predicted octanol–water partition coefficient (Wildman–Crippen LogP) is 2.44. The lowest BCUT2D eigenvalue weighted by Crippen LogP contribution is -2.41. The highest BCUT2D eigenvalue weighted by molar-refractivity contribution is 5.86. The average Bonchev–Trinajstić information content (AvgIpc) is 2.99. The van der Waals surface area contributed by atoms with Crippen molar-refractivity contribution in [1.29, 1.82) is 0 Å². The van der Waals surface area contributed by atoms with Crippen LogP contribution in [0, 0.1) is 0 Å². The minimum atomic E-state index is 0.403. The van der Waals surface area contributed by atoms with E-state index in [0.717, 1.165) is 42.9 Å². The third-order valence-corrected chi connectivity index (χ3v) is 4.62. The summed E-state index contributed by atoms with van der Waals surface area (Å²) >= 11 is 0. The second-order valence-corrected chi connectivity index (χ2v) is 6.43. The molecule has 0 amide bonds. The van der Waals surface area contributed by atoms with E-state index in [9.17, 15) is 0 Å². The average molecular weight is 322 g/mol. The summed E-state index contributed by atoms with van der Waals surface area (Å²) in [6, 6.07) is 11.1. The summed E-state index contributed by atoms with van der Waals surface area (Å²) in [5.74, 6) is 0.889. The lowest BCUT2D eigenvalue weighted by molar-refractivity contribution is 0.208. The van der Waals surface area contributed by atoms with E-state index in [1.165, 1.54) is 12.0 Å². The van der Waals surface area contributed by atoms with Gasteiger partial charge in [-0.25, -0.2) is 9.97 Å². The lowest BCUT2D eigenvalue weighted by atomic mass is 10.0. The zero-order valence-electron chi connectivity index (χ0n) is 13.9. The number of rotatable bonds is 4. The summed E-state index contributed by atoms with van der Waals surface area (Å²) in [4.78, 5) is 11.2. The van der Waals surface area contributed by atoms with Gasteiger partial charge in [-0.2, -0.15) is 5.10 Å². The molecule has 1 saturated heterocycles. The van der Waals surface area contributed by atoms with Gasteiger partial charge in [0.15, 0.2) is 5.65 Å². The molecule has 0 radical (unpaired) electrons. The SMILES string of the molecule is Cn1ncc2c(N[C@@H]3CCCN(Cc4ccccc4)C3)ncnc21. The maximum absolute atomic E-state index is 4.43. The van der Waals surface area contributed by atoms with E-state index in [0.29, 0.717) is 6.04 Å². The highest BCUT2D eigenvalue weighted by Crippen LogP contribution is 2.22. The molecule has 2 aromatic heterocycles. The minimum absolute atomic E-state index is 0.403. The third-order valence-electron chi connectivity index (χ3n) is 4.62. The molecule has 1 fully saturated rings. The molecule has 1 N–H and O–H groups in total. The Balaban J connectivity index is 1.46. The molecule has 0 unspecified atom stereocenters. The Hall–Kier alpha value is -2.47. The fraction of sp³-hybridized carbons (Fsp3) is 0.389. The number of hydrogen-bond acceptors (Lipinski definition) is 5. The molecule has 1 aliphatic rings. The van der Waals surface area contributed by atoms with E-state index in [2.05, 4.69) is 55.6 Å². The van der Waals surface area contributed by atoms with E-state index in [4.69, 9.17) is 0 Å². The zero-order chi connectivity index (χ0) is 16.4. The zero-order valence-corrected chi connectivity index (χ0v) is 13.9. The summed E-state index contributed by atoms with van der Waals surface area (Å²) in [6.45, 7) is 3.19. The summed E-state index contributed by atoms with van der Waals surface area (Å²) in [6.07, 6.45) is 5.81. The maximum atomic E-state index is 4.43. The van der Waals surface area contributed by atoms with Crippen LogP contribution in [-0.4, -0.2) is 43.8 Å². The van der Waals surface area contributed by atoms with E-state index >= 15 is 0 Å². The number of hydrogen-bond donors (Lipinski definition) is 1. The quantitative estimate of drug-likeness (QED) is 0.799. The molecule has 0 bridgehead atoms. The Morgan fingerprint density at radius 1 is 1.21 bits per heavy atom. The van der Waals surface area contributed by atoms with Gasteiger partial charge in [-0.3, -0.25) is 9.58 Å². The first kappa shape index (κ1) is 15.1. The Labute approximate surface area is 141 Å². The third kappa shape index (κ3) is 3.10. The Morgan fingerprint density at radius 2 is 2.08 bits per heavy atom. The number of aromatic nitrogens is 4. The minimum Gasteiger partial charge on any atom is -0.365 e. The first-order chi connectivity index (χ1) is 11.8. The van der Waals surface area contributed by atoms with E-state index in [1.54, 1.807) is 11.0 Å². The van der Waals surface area contributed by atoms with Crippen LogP contribution in [0.2, 0.25) is 0 Å². The predicted molar refractivity (Wildman–Crippen MR) is 94.7 cm³/mol. The molecule has 1 aliphatic heterocycles. The summed E-state index contributed by atoms with van der Waals surface area (Å²) in [5, 5.41) is 8.88. The molecule has 24 heavy (non-hydrogen) atoms. The van der Waals surface area contributed by atoms with Gasteiger partial charge in [0.1, 0.15) is 12.1 Å². The van der Waals surface area contributed by atoms with E-state index in [1.807, 2.05) is 13.2 Å². The molecule has 3 heterocycles. The van der Waals surface area contributed by atoms with Crippen LogP contribution < -0.4 is 5.32 Å². The molecule has 1 atom stereocenters. The van der Waals surface area contributed by atoms with Gasteiger partial charge in [-0.1, -0.05) is 30.3 Å². The van der Waals surface area contributed by atoms with Gasteiger partial charge in [-0.15, -0.1) is 0 Å². The fourth-order valence-corrected chi connectivity index (χ4v) is 3.43. The molecule has 0 saturated carbocycles. The molecule has 124 valence electrons. The van der Waals surface area contributed by atoms with Crippen molar-refractivity contribution in [3.8, 4) is 0 Å². The van der Waals surface area contributed by atoms with Gasteiger partial charge in [0.2, 0.25) is 0 Å². The molecule has 1 aromatic carbocycles. The van der Waals surface area contributed by atoms with E-state index in [-0.39, 0.29) is 0 Å². The molecule has 0 spiro atoms. The smallest absolute Gasteiger partial charge is 0.163 e. The van der Waals surface area contributed by atoms with Crippen LogP contribution in [0.15, 0.2) is 42.9 Å². The number of fused-ring (bicyclic) bond motifs is 1. The molecule has 6 nitrogen and oxygen atoms in total. The Kier molecular flexibility index (Phi) is 4.13. The molecule has 3 aromatic rings. The Bertz CT molecular complexity index is 813. The first-order valence-corrected chi connectivity index (χ1v) is 8.45. The molecule has 6 heteroatoms. The van der Waals surface area contributed by atoms with Crippen LogP contribution >= 0.6 is 0 Å². The highest BCUT2D eigenvalue weighted by Gasteiger charge is 2.21. The number of likely N-dealkylation sites (tertiary alicyclic amines) is 1. The summed E-state index contributed by atoms with van der Waals surface area (Å²) < 4.78 is 1.78. The van der Waals surface area contributed by atoms with Crippen LogP contribution in [-0.2, 0) is 13.6 Å². The summed E-state index contributed by atoms with van der Waals surface area (Å²) in [5.41, 5.74) is 2.24. The molecular formula is C18H22N6.